The highest BCUT2D eigenvalue weighted by molar-refractivity contribution is 6.32. The normalized spacial score (nSPS) is 18.4. The van der Waals surface area contributed by atoms with E-state index in [1.807, 2.05) is 37.3 Å². The zero-order valence-electron chi connectivity index (χ0n) is 18.3. The van der Waals surface area contributed by atoms with E-state index < -0.39 is 0 Å². The molecule has 1 aliphatic rings. The van der Waals surface area contributed by atoms with E-state index in [-0.39, 0.29) is 23.2 Å². The summed E-state index contributed by atoms with van der Waals surface area (Å²) in [5.74, 6) is 0.155. The number of para-hydroxylation sites is 1. The minimum absolute atomic E-state index is 0.0405. The van der Waals surface area contributed by atoms with Crippen LogP contribution < -0.4 is 5.43 Å². The van der Waals surface area contributed by atoms with Crippen molar-refractivity contribution >= 4 is 23.7 Å². The summed E-state index contributed by atoms with van der Waals surface area (Å²) < 4.78 is 1.66. The lowest BCUT2D eigenvalue weighted by Crippen LogP contribution is -2.20. The van der Waals surface area contributed by atoms with Gasteiger partial charge in [-0.15, -0.1) is 0 Å². The van der Waals surface area contributed by atoms with Gasteiger partial charge in [-0.2, -0.15) is 10.2 Å². The highest BCUT2D eigenvalue weighted by Crippen LogP contribution is 2.47. The summed E-state index contributed by atoms with van der Waals surface area (Å²) in [5.41, 5.74) is 7.61. The van der Waals surface area contributed by atoms with E-state index in [9.17, 15) is 4.79 Å². The Balaban J connectivity index is 1.38. The van der Waals surface area contributed by atoms with Crippen molar-refractivity contribution in [3.8, 4) is 5.69 Å². The van der Waals surface area contributed by atoms with E-state index in [1.54, 1.807) is 10.9 Å². The number of rotatable bonds is 5. The van der Waals surface area contributed by atoms with Crippen molar-refractivity contribution in [2.45, 2.75) is 45.4 Å². The van der Waals surface area contributed by atoms with Crippen molar-refractivity contribution < 1.29 is 4.79 Å². The Labute approximate surface area is 188 Å². The van der Waals surface area contributed by atoms with Crippen LogP contribution >= 0.6 is 11.6 Å². The summed E-state index contributed by atoms with van der Waals surface area (Å²) in [6, 6.07) is 18.3. The van der Waals surface area contributed by atoms with Gasteiger partial charge in [-0.05, 0) is 47.9 Å². The first-order valence-corrected chi connectivity index (χ1v) is 10.9. The second-order valence-electron chi connectivity index (χ2n) is 9.09. The molecule has 0 saturated heterocycles. The summed E-state index contributed by atoms with van der Waals surface area (Å²) in [7, 11) is 0. The van der Waals surface area contributed by atoms with E-state index in [0.29, 0.717) is 10.7 Å². The molecule has 2 atom stereocenters. The van der Waals surface area contributed by atoms with E-state index in [1.165, 1.54) is 11.1 Å². The van der Waals surface area contributed by atoms with Gasteiger partial charge in [0.1, 0.15) is 5.15 Å². The molecule has 1 N–H and O–H groups in total. The van der Waals surface area contributed by atoms with Crippen molar-refractivity contribution in [2.24, 2.45) is 11.0 Å². The molecule has 0 unspecified atom stereocenters. The average molecular weight is 435 g/mol. The number of benzene rings is 2. The number of hydrazone groups is 1. The van der Waals surface area contributed by atoms with Gasteiger partial charge >= 0.3 is 0 Å². The van der Waals surface area contributed by atoms with Gasteiger partial charge < -0.3 is 0 Å². The van der Waals surface area contributed by atoms with Crippen LogP contribution in [0, 0.1) is 12.8 Å². The van der Waals surface area contributed by atoms with E-state index >= 15 is 0 Å². The third-order valence-electron chi connectivity index (χ3n) is 5.75. The van der Waals surface area contributed by atoms with Gasteiger partial charge in [-0.1, -0.05) is 74.8 Å². The number of hydrogen-bond donors (Lipinski definition) is 1. The monoisotopic (exact) mass is 434 g/mol. The summed E-state index contributed by atoms with van der Waals surface area (Å²) in [6.07, 6.45) is 2.42. The smallest absolute Gasteiger partial charge is 0.243 e. The van der Waals surface area contributed by atoms with Crippen LogP contribution in [0.15, 0.2) is 59.7 Å². The average Bonchev–Trinajstić information content (AvgIpc) is 3.50. The maximum Gasteiger partial charge on any atom is 0.243 e. The first-order chi connectivity index (χ1) is 14.8. The standard InChI is InChI=1S/C25H27ClN4O/c1-16-22(23(26)30(29-16)19-8-6-5-7-9-19)15-27-28-24(31)21-14-20(21)17-10-12-18(13-11-17)25(2,3)4/h5-13,15,20-21H,14H2,1-4H3,(H,28,31)/b27-15-/t20-,21-/m0/s1. The van der Waals surface area contributed by atoms with Gasteiger partial charge in [0.15, 0.2) is 0 Å². The third-order valence-corrected chi connectivity index (χ3v) is 6.11. The fourth-order valence-electron chi connectivity index (χ4n) is 3.72. The van der Waals surface area contributed by atoms with E-state index in [0.717, 1.165) is 17.8 Å². The van der Waals surface area contributed by atoms with Gasteiger partial charge in [0, 0.05) is 5.92 Å². The molecule has 160 valence electrons. The lowest BCUT2D eigenvalue weighted by Gasteiger charge is -2.19. The van der Waals surface area contributed by atoms with Crippen LogP contribution in [0.4, 0.5) is 0 Å². The first-order valence-electron chi connectivity index (χ1n) is 10.5. The Morgan fingerprint density at radius 1 is 1.16 bits per heavy atom. The molecule has 1 aliphatic carbocycles. The van der Waals surface area contributed by atoms with Gasteiger partial charge in [-0.3, -0.25) is 4.79 Å². The predicted molar refractivity (Wildman–Crippen MR) is 125 cm³/mol. The molecule has 0 spiro atoms. The van der Waals surface area contributed by atoms with Crippen molar-refractivity contribution in [3.63, 3.8) is 0 Å². The maximum atomic E-state index is 12.5. The Morgan fingerprint density at radius 3 is 2.48 bits per heavy atom. The van der Waals surface area contributed by atoms with Crippen molar-refractivity contribution in [2.75, 3.05) is 0 Å². The predicted octanol–water partition coefficient (Wildman–Crippen LogP) is 5.39. The first kappa shape index (κ1) is 21.3. The molecule has 5 nitrogen and oxygen atoms in total. The zero-order chi connectivity index (χ0) is 22.2. The van der Waals surface area contributed by atoms with Crippen molar-refractivity contribution in [1.82, 2.24) is 15.2 Å². The number of halogens is 1. The van der Waals surface area contributed by atoms with Crippen LogP contribution in [-0.4, -0.2) is 21.9 Å². The number of nitrogens with zero attached hydrogens (tertiary/aromatic N) is 3. The number of amides is 1. The second-order valence-corrected chi connectivity index (χ2v) is 9.45. The fraction of sp³-hybridized carbons (Fsp3) is 0.320. The molecule has 2 aromatic carbocycles. The number of carbonyl (C=O) groups is 1. The molecule has 0 aliphatic heterocycles. The Kier molecular flexibility index (Phi) is 5.71. The lowest BCUT2D eigenvalue weighted by molar-refractivity contribution is -0.122. The molecule has 31 heavy (non-hydrogen) atoms. The van der Waals surface area contributed by atoms with Gasteiger partial charge in [0.25, 0.3) is 0 Å². The second kappa shape index (κ2) is 8.31. The molecule has 0 radical (unpaired) electrons. The van der Waals surface area contributed by atoms with Crippen LogP contribution in [0.25, 0.3) is 5.69 Å². The quantitative estimate of drug-likeness (QED) is 0.432. The molecule has 1 heterocycles. The van der Waals surface area contributed by atoms with Crippen LogP contribution in [0.5, 0.6) is 0 Å². The SMILES string of the molecule is Cc1nn(-c2ccccc2)c(Cl)c1/C=N\NC(=O)[C@H]1C[C@H]1c1ccc(C(C)(C)C)cc1. The Morgan fingerprint density at radius 2 is 1.84 bits per heavy atom. The molecule has 1 amide bonds. The van der Waals surface area contributed by atoms with Crippen molar-refractivity contribution in [3.05, 3.63) is 82.1 Å². The third kappa shape index (κ3) is 4.57. The highest BCUT2D eigenvalue weighted by atomic mass is 35.5. The minimum Gasteiger partial charge on any atom is -0.273 e. The van der Waals surface area contributed by atoms with Crippen LogP contribution in [0.3, 0.4) is 0 Å². The molecular formula is C25H27ClN4O. The highest BCUT2D eigenvalue weighted by Gasteiger charge is 2.44. The topological polar surface area (TPSA) is 59.3 Å². The van der Waals surface area contributed by atoms with E-state index in [2.05, 4.69) is 60.7 Å². The number of aryl methyl sites for hydroxylation is 1. The van der Waals surface area contributed by atoms with Crippen LogP contribution in [0.2, 0.25) is 5.15 Å². The van der Waals surface area contributed by atoms with Gasteiger partial charge in [0.05, 0.1) is 23.2 Å². The fourth-order valence-corrected chi connectivity index (χ4v) is 4.05. The molecule has 1 aromatic heterocycles. The molecule has 3 aromatic rings. The van der Waals surface area contributed by atoms with Crippen LogP contribution in [0.1, 0.15) is 55.5 Å². The van der Waals surface area contributed by atoms with E-state index in [4.69, 9.17) is 11.6 Å². The summed E-state index contributed by atoms with van der Waals surface area (Å²) in [4.78, 5) is 12.5. The minimum atomic E-state index is -0.0645. The maximum absolute atomic E-state index is 12.5. The Bertz CT molecular complexity index is 1110. The number of hydrogen-bond acceptors (Lipinski definition) is 3. The summed E-state index contributed by atoms with van der Waals surface area (Å²) in [6.45, 7) is 8.47. The molecular weight excluding hydrogens is 408 g/mol. The summed E-state index contributed by atoms with van der Waals surface area (Å²) >= 11 is 6.50. The molecule has 1 saturated carbocycles. The van der Waals surface area contributed by atoms with Crippen LogP contribution in [-0.2, 0) is 10.2 Å². The van der Waals surface area contributed by atoms with Gasteiger partial charge in [0.2, 0.25) is 5.91 Å². The molecule has 1 fully saturated rings. The van der Waals surface area contributed by atoms with Crippen molar-refractivity contribution in [1.29, 1.82) is 0 Å². The van der Waals surface area contributed by atoms with Gasteiger partial charge in [-0.25, -0.2) is 10.1 Å². The Hall–Kier alpha value is -2.92. The number of carbonyl (C=O) groups excluding carboxylic acids is 1. The number of nitrogens with one attached hydrogen (secondary N) is 1. The molecule has 6 heteroatoms. The lowest BCUT2D eigenvalue weighted by atomic mass is 9.86. The molecule has 4 rings (SSSR count). The number of aromatic nitrogens is 2. The molecule has 0 bridgehead atoms. The summed E-state index contributed by atoms with van der Waals surface area (Å²) in [5, 5.41) is 9.09. The largest absolute Gasteiger partial charge is 0.273 e. The zero-order valence-corrected chi connectivity index (χ0v) is 19.0.